The smallest absolute Gasteiger partial charge is 0.338 e. The number of imide groups is 1. The van der Waals surface area contributed by atoms with Gasteiger partial charge in [0.1, 0.15) is 5.82 Å². The molecule has 2 aromatic rings. The lowest BCUT2D eigenvalue weighted by atomic mass is 10.1. The molecule has 1 fully saturated rings. The van der Waals surface area contributed by atoms with Crippen LogP contribution in [0.25, 0.3) is 0 Å². The van der Waals surface area contributed by atoms with Crippen molar-refractivity contribution >= 4 is 29.3 Å². The SMILES string of the molecule is O=C(COC(=O)c1cccc(N2C(=O)CCC2=O)c1)c1ccc(F)cc1. The lowest BCUT2D eigenvalue weighted by Gasteiger charge is -2.14. The highest BCUT2D eigenvalue weighted by atomic mass is 19.1. The van der Waals surface area contributed by atoms with Crippen LogP contribution < -0.4 is 4.90 Å². The van der Waals surface area contributed by atoms with E-state index in [0.29, 0.717) is 0 Å². The topological polar surface area (TPSA) is 80.8 Å². The van der Waals surface area contributed by atoms with Crippen molar-refractivity contribution in [2.24, 2.45) is 0 Å². The number of hydrogen-bond donors (Lipinski definition) is 0. The Morgan fingerprint density at radius 1 is 0.962 bits per heavy atom. The number of nitrogens with zero attached hydrogens (tertiary/aromatic N) is 1. The molecule has 0 bridgehead atoms. The van der Waals surface area contributed by atoms with Gasteiger partial charge in [-0.05, 0) is 42.5 Å². The lowest BCUT2D eigenvalue weighted by molar-refractivity contribution is -0.121. The van der Waals surface area contributed by atoms with Gasteiger partial charge in [0.05, 0.1) is 11.3 Å². The number of Topliss-reactive ketones (excluding diaryl/α,β-unsaturated/α-hetero) is 1. The molecule has 7 heteroatoms. The zero-order chi connectivity index (χ0) is 18.7. The van der Waals surface area contributed by atoms with Gasteiger partial charge < -0.3 is 4.74 Å². The first kappa shape index (κ1) is 17.5. The number of benzene rings is 2. The van der Waals surface area contributed by atoms with E-state index in [2.05, 4.69) is 0 Å². The first-order chi connectivity index (χ1) is 12.5. The van der Waals surface area contributed by atoms with E-state index in [0.717, 1.165) is 17.0 Å². The Morgan fingerprint density at radius 3 is 2.27 bits per heavy atom. The Hall–Kier alpha value is -3.35. The van der Waals surface area contributed by atoms with Crippen molar-refractivity contribution in [3.05, 3.63) is 65.5 Å². The Kier molecular flexibility index (Phi) is 4.88. The Balaban J connectivity index is 1.67. The summed E-state index contributed by atoms with van der Waals surface area (Å²) in [7, 11) is 0. The molecule has 0 unspecified atom stereocenters. The third-order valence-electron chi connectivity index (χ3n) is 3.89. The summed E-state index contributed by atoms with van der Waals surface area (Å²) in [5.74, 6) is -2.36. The third-order valence-corrected chi connectivity index (χ3v) is 3.89. The first-order valence-electron chi connectivity index (χ1n) is 7.87. The average Bonchev–Trinajstić information content (AvgIpc) is 2.98. The summed E-state index contributed by atoms with van der Waals surface area (Å²) in [4.78, 5) is 48.7. The van der Waals surface area contributed by atoms with E-state index in [4.69, 9.17) is 4.74 Å². The molecule has 26 heavy (non-hydrogen) atoms. The molecule has 1 aliphatic heterocycles. The summed E-state index contributed by atoms with van der Waals surface area (Å²) in [5.41, 5.74) is 0.625. The largest absolute Gasteiger partial charge is 0.454 e. The number of anilines is 1. The maximum absolute atomic E-state index is 12.9. The number of carbonyl (C=O) groups excluding carboxylic acids is 4. The van der Waals surface area contributed by atoms with Crippen molar-refractivity contribution in [2.75, 3.05) is 11.5 Å². The van der Waals surface area contributed by atoms with Gasteiger partial charge in [-0.15, -0.1) is 0 Å². The minimum atomic E-state index is -0.763. The highest BCUT2D eigenvalue weighted by Gasteiger charge is 2.30. The molecular formula is C19H14FNO5. The molecule has 0 spiro atoms. The number of carbonyl (C=O) groups is 4. The Bertz CT molecular complexity index is 875. The van der Waals surface area contributed by atoms with Gasteiger partial charge in [-0.25, -0.2) is 9.18 Å². The molecule has 0 aromatic heterocycles. The molecule has 1 heterocycles. The quantitative estimate of drug-likeness (QED) is 0.468. The van der Waals surface area contributed by atoms with Gasteiger partial charge in [-0.1, -0.05) is 6.07 Å². The van der Waals surface area contributed by atoms with E-state index in [1.807, 2.05) is 0 Å². The van der Waals surface area contributed by atoms with Gasteiger partial charge in [-0.2, -0.15) is 0 Å². The summed E-state index contributed by atoms with van der Waals surface area (Å²) in [6.07, 6.45) is 0.277. The highest BCUT2D eigenvalue weighted by molar-refractivity contribution is 6.20. The van der Waals surface area contributed by atoms with Gasteiger partial charge in [0.25, 0.3) is 0 Å². The second-order valence-electron chi connectivity index (χ2n) is 5.68. The molecule has 3 rings (SSSR count). The van der Waals surface area contributed by atoms with Gasteiger partial charge >= 0.3 is 5.97 Å². The average molecular weight is 355 g/mol. The Morgan fingerprint density at radius 2 is 1.62 bits per heavy atom. The van der Waals surface area contributed by atoms with Crippen LogP contribution in [-0.4, -0.2) is 30.2 Å². The zero-order valence-corrected chi connectivity index (χ0v) is 13.6. The van der Waals surface area contributed by atoms with E-state index >= 15 is 0 Å². The van der Waals surface area contributed by atoms with E-state index in [9.17, 15) is 23.6 Å². The van der Waals surface area contributed by atoms with Crippen LogP contribution in [0.4, 0.5) is 10.1 Å². The second-order valence-corrected chi connectivity index (χ2v) is 5.68. The summed E-state index contributed by atoms with van der Waals surface area (Å²) >= 11 is 0. The molecule has 1 aliphatic rings. The van der Waals surface area contributed by atoms with Crippen LogP contribution in [0.3, 0.4) is 0 Å². The number of ether oxygens (including phenoxy) is 1. The Labute approximate surface area is 148 Å². The maximum atomic E-state index is 12.9. The number of ketones is 1. The first-order valence-corrected chi connectivity index (χ1v) is 7.87. The fourth-order valence-electron chi connectivity index (χ4n) is 2.57. The van der Waals surface area contributed by atoms with Crippen LogP contribution in [-0.2, 0) is 14.3 Å². The molecule has 0 N–H and O–H groups in total. The van der Waals surface area contributed by atoms with E-state index in [-0.39, 0.29) is 41.5 Å². The highest BCUT2D eigenvalue weighted by Crippen LogP contribution is 2.23. The zero-order valence-electron chi connectivity index (χ0n) is 13.6. The number of amides is 2. The number of hydrogen-bond acceptors (Lipinski definition) is 5. The van der Waals surface area contributed by atoms with Crippen molar-refractivity contribution in [3.63, 3.8) is 0 Å². The van der Waals surface area contributed by atoms with Gasteiger partial charge in [-0.3, -0.25) is 19.3 Å². The predicted octanol–water partition coefficient (Wildman–Crippen LogP) is 2.52. The van der Waals surface area contributed by atoms with Crippen LogP contribution >= 0.6 is 0 Å². The van der Waals surface area contributed by atoms with Gasteiger partial charge in [0.15, 0.2) is 12.4 Å². The van der Waals surface area contributed by atoms with Crippen LogP contribution in [0.5, 0.6) is 0 Å². The second kappa shape index (κ2) is 7.26. The minimum absolute atomic E-state index is 0.113. The maximum Gasteiger partial charge on any atom is 0.338 e. The van der Waals surface area contributed by atoms with E-state index < -0.39 is 24.2 Å². The summed E-state index contributed by atoms with van der Waals surface area (Å²) in [6.45, 7) is -0.504. The summed E-state index contributed by atoms with van der Waals surface area (Å²) < 4.78 is 17.8. The number of rotatable bonds is 5. The third kappa shape index (κ3) is 3.66. The van der Waals surface area contributed by atoms with Crippen molar-refractivity contribution in [1.29, 1.82) is 0 Å². The van der Waals surface area contributed by atoms with Crippen LogP contribution in [0.15, 0.2) is 48.5 Å². The summed E-state index contributed by atoms with van der Waals surface area (Å²) in [5, 5.41) is 0. The van der Waals surface area contributed by atoms with Crippen molar-refractivity contribution < 1.29 is 28.3 Å². The predicted molar refractivity (Wildman–Crippen MR) is 89.2 cm³/mol. The molecule has 6 nitrogen and oxygen atoms in total. The fourth-order valence-corrected chi connectivity index (χ4v) is 2.57. The minimum Gasteiger partial charge on any atom is -0.454 e. The van der Waals surface area contributed by atoms with Crippen molar-refractivity contribution in [1.82, 2.24) is 0 Å². The number of esters is 1. The lowest BCUT2D eigenvalue weighted by Crippen LogP contribution is -2.28. The molecule has 0 atom stereocenters. The van der Waals surface area contributed by atoms with Gasteiger partial charge in [0.2, 0.25) is 11.8 Å². The molecule has 1 saturated heterocycles. The molecule has 0 saturated carbocycles. The molecule has 0 radical (unpaired) electrons. The van der Waals surface area contributed by atoms with Gasteiger partial charge in [0, 0.05) is 18.4 Å². The standard InChI is InChI=1S/C19H14FNO5/c20-14-6-4-12(5-7-14)16(22)11-26-19(25)13-2-1-3-15(10-13)21-17(23)8-9-18(21)24/h1-7,10H,8-9,11H2. The fraction of sp³-hybridized carbons (Fsp3) is 0.158. The number of halogens is 1. The molecule has 0 aliphatic carbocycles. The molecule has 132 valence electrons. The van der Waals surface area contributed by atoms with Crippen LogP contribution in [0.1, 0.15) is 33.6 Å². The summed E-state index contributed by atoms with van der Waals surface area (Å²) in [6, 6.07) is 10.8. The van der Waals surface area contributed by atoms with Crippen molar-refractivity contribution in [2.45, 2.75) is 12.8 Å². The molecular weight excluding hydrogens is 341 g/mol. The monoisotopic (exact) mass is 355 g/mol. The van der Waals surface area contributed by atoms with Crippen molar-refractivity contribution in [3.8, 4) is 0 Å². The molecule has 2 amide bonds. The normalized spacial score (nSPS) is 13.8. The van der Waals surface area contributed by atoms with Crippen LogP contribution in [0, 0.1) is 5.82 Å². The van der Waals surface area contributed by atoms with E-state index in [1.165, 1.54) is 30.3 Å². The van der Waals surface area contributed by atoms with E-state index in [1.54, 1.807) is 6.07 Å². The molecule has 2 aromatic carbocycles. The van der Waals surface area contributed by atoms with Crippen LogP contribution in [0.2, 0.25) is 0 Å².